The van der Waals surface area contributed by atoms with Crippen molar-refractivity contribution < 1.29 is 4.39 Å². The van der Waals surface area contributed by atoms with E-state index in [1.165, 1.54) is 12.3 Å². The number of rotatable bonds is 1. The van der Waals surface area contributed by atoms with Gasteiger partial charge < -0.3 is 0 Å². The van der Waals surface area contributed by atoms with Gasteiger partial charge in [0, 0.05) is 6.20 Å². The van der Waals surface area contributed by atoms with Gasteiger partial charge in [0.25, 0.3) is 0 Å². The third kappa shape index (κ3) is 1.90. The molecule has 0 saturated carbocycles. The Balaban J connectivity index is 3.19. The molecule has 11 heavy (non-hydrogen) atoms. The summed E-state index contributed by atoms with van der Waals surface area (Å²) >= 11 is 4.30. The van der Waals surface area contributed by atoms with Crippen LogP contribution in [0.15, 0.2) is 17.3 Å². The van der Waals surface area contributed by atoms with E-state index in [-0.39, 0.29) is 5.82 Å². The van der Waals surface area contributed by atoms with Gasteiger partial charge in [-0.05, 0) is 30.8 Å². The Morgan fingerprint density at radius 1 is 1.73 bits per heavy atom. The number of aryl methyl sites for hydroxylation is 1. The van der Waals surface area contributed by atoms with Gasteiger partial charge in [0.1, 0.15) is 0 Å². The minimum absolute atomic E-state index is 0.00870. The zero-order valence-corrected chi connectivity index (χ0v) is 6.65. The Labute approximate surface area is 68.8 Å². The third-order valence-electron chi connectivity index (χ3n) is 1.11. The summed E-state index contributed by atoms with van der Waals surface area (Å²) in [7, 11) is 0. The molecule has 0 N–H and O–H groups in total. The van der Waals surface area contributed by atoms with E-state index < -0.39 is 5.82 Å². The maximum Gasteiger partial charge on any atom is 0.198 e. The van der Waals surface area contributed by atoms with Crippen molar-refractivity contribution in [1.82, 2.24) is 4.98 Å². The Bertz CT molecular complexity index is 318. The number of halogens is 1. The predicted octanol–water partition coefficient (Wildman–Crippen LogP) is 2.26. The van der Waals surface area contributed by atoms with E-state index in [0.29, 0.717) is 0 Å². The van der Waals surface area contributed by atoms with Crippen molar-refractivity contribution in [1.29, 1.82) is 0 Å². The van der Waals surface area contributed by atoms with Gasteiger partial charge >= 0.3 is 0 Å². The maximum atomic E-state index is 12.8. The maximum absolute atomic E-state index is 12.8. The minimum atomic E-state index is -0.470. The average Bonchev–Trinajstić information content (AvgIpc) is 1.95. The quantitative estimate of drug-likeness (QED) is 0.474. The van der Waals surface area contributed by atoms with Crippen LogP contribution >= 0.6 is 12.2 Å². The first-order valence-corrected chi connectivity index (χ1v) is 3.35. The number of hydrogen-bond donors (Lipinski definition) is 0. The molecule has 0 aromatic carbocycles. The van der Waals surface area contributed by atoms with Crippen LogP contribution in [0.25, 0.3) is 0 Å². The Morgan fingerprint density at radius 2 is 2.45 bits per heavy atom. The lowest BCUT2D eigenvalue weighted by atomic mass is 10.3. The minimum Gasteiger partial charge on any atom is -0.234 e. The van der Waals surface area contributed by atoms with Crippen molar-refractivity contribution in [3.8, 4) is 0 Å². The highest BCUT2D eigenvalue weighted by Crippen LogP contribution is 2.13. The number of aliphatic imine (C=N–C) groups is 1. The first kappa shape index (κ1) is 7.98. The highest BCUT2D eigenvalue weighted by Gasteiger charge is 1.99. The summed E-state index contributed by atoms with van der Waals surface area (Å²) < 4.78 is 12.8. The summed E-state index contributed by atoms with van der Waals surface area (Å²) in [6.45, 7) is 1.75. The molecular weight excluding hydrogens is 163 g/mol. The Kier molecular flexibility index (Phi) is 2.41. The summed E-state index contributed by atoms with van der Waals surface area (Å²) in [5.41, 5.74) is 0.755. The standard InChI is InChI=1S/C7H5FN2S/c1-5-2-6(8)7(9-3-5)10-4-11/h2-3H,1H3. The summed E-state index contributed by atoms with van der Waals surface area (Å²) in [4.78, 5) is 7.12. The monoisotopic (exact) mass is 168 g/mol. The molecule has 2 nitrogen and oxygen atoms in total. The lowest BCUT2D eigenvalue weighted by molar-refractivity contribution is 0.623. The molecule has 4 heteroatoms. The van der Waals surface area contributed by atoms with Crippen molar-refractivity contribution in [3.05, 3.63) is 23.6 Å². The second kappa shape index (κ2) is 3.32. The van der Waals surface area contributed by atoms with Crippen LogP contribution in [0.3, 0.4) is 0 Å². The topological polar surface area (TPSA) is 25.2 Å². The highest BCUT2D eigenvalue weighted by molar-refractivity contribution is 7.78. The van der Waals surface area contributed by atoms with Gasteiger partial charge in [-0.2, -0.15) is 4.99 Å². The molecule has 0 aliphatic heterocycles. The van der Waals surface area contributed by atoms with E-state index >= 15 is 0 Å². The van der Waals surface area contributed by atoms with Gasteiger partial charge in [-0.1, -0.05) is 0 Å². The molecule has 0 aliphatic carbocycles. The number of pyridine rings is 1. The smallest absolute Gasteiger partial charge is 0.198 e. The fraction of sp³-hybridized carbons (Fsp3) is 0.143. The van der Waals surface area contributed by atoms with Gasteiger partial charge in [0.05, 0.1) is 5.16 Å². The zero-order valence-electron chi connectivity index (χ0n) is 5.84. The normalized spacial score (nSPS) is 8.91. The molecule has 0 bridgehead atoms. The van der Waals surface area contributed by atoms with Crippen LogP contribution in [0.4, 0.5) is 10.2 Å². The Hall–Kier alpha value is -1.12. The molecule has 0 amide bonds. The molecule has 1 heterocycles. The third-order valence-corrected chi connectivity index (χ3v) is 1.20. The highest BCUT2D eigenvalue weighted by atomic mass is 32.1. The average molecular weight is 168 g/mol. The number of isothiocyanates is 1. The van der Waals surface area contributed by atoms with Crippen LogP contribution in [0.2, 0.25) is 0 Å². The van der Waals surface area contributed by atoms with Crippen LogP contribution < -0.4 is 0 Å². The molecule has 0 spiro atoms. The van der Waals surface area contributed by atoms with Crippen molar-refractivity contribution >= 4 is 23.2 Å². The van der Waals surface area contributed by atoms with Crippen molar-refractivity contribution in [2.45, 2.75) is 6.92 Å². The molecule has 0 saturated heterocycles. The van der Waals surface area contributed by atoms with Crippen LogP contribution in [0.1, 0.15) is 5.56 Å². The molecule has 1 aromatic heterocycles. The molecule has 0 aliphatic rings. The van der Waals surface area contributed by atoms with Crippen LogP contribution in [0, 0.1) is 12.7 Å². The van der Waals surface area contributed by atoms with Crippen molar-refractivity contribution in [3.63, 3.8) is 0 Å². The van der Waals surface area contributed by atoms with Crippen LogP contribution in [-0.2, 0) is 0 Å². The lowest BCUT2D eigenvalue weighted by Gasteiger charge is -1.93. The second-order valence-corrected chi connectivity index (χ2v) is 2.20. The molecule has 0 unspecified atom stereocenters. The van der Waals surface area contributed by atoms with Crippen LogP contribution in [0.5, 0.6) is 0 Å². The molecule has 1 aromatic rings. The predicted molar refractivity (Wildman–Crippen MR) is 43.6 cm³/mol. The van der Waals surface area contributed by atoms with E-state index in [4.69, 9.17) is 0 Å². The summed E-state index contributed by atoms with van der Waals surface area (Å²) in [6.07, 6.45) is 1.52. The largest absolute Gasteiger partial charge is 0.234 e. The summed E-state index contributed by atoms with van der Waals surface area (Å²) in [6, 6.07) is 1.35. The second-order valence-electron chi connectivity index (χ2n) is 2.02. The number of nitrogens with zero attached hydrogens (tertiary/aromatic N) is 2. The lowest BCUT2D eigenvalue weighted by Crippen LogP contribution is -1.82. The SMILES string of the molecule is Cc1cnc(N=C=S)c(F)c1. The van der Waals surface area contributed by atoms with E-state index in [1.807, 2.05) is 0 Å². The van der Waals surface area contributed by atoms with E-state index in [0.717, 1.165) is 5.56 Å². The van der Waals surface area contributed by atoms with Crippen molar-refractivity contribution in [2.24, 2.45) is 4.99 Å². The van der Waals surface area contributed by atoms with E-state index in [1.54, 1.807) is 6.92 Å². The zero-order chi connectivity index (χ0) is 8.27. The summed E-state index contributed by atoms with van der Waals surface area (Å²) in [5, 5.41) is 2.05. The van der Waals surface area contributed by atoms with Gasteiger partial charge in [-0.25, -0.2) is 9.37 Å². The number of hydrogen-bond acceptors (Lipinski definition) is 3. The van der Waals surface area contributed by atoms with Gasteiger partial charge in [0.15, 0.2) is 11.6 Å². The van der Waals surface area contributed by atoms with E-state index in [9.17, 15) is 4.39 Å². The first-order chi connectivity index (χ1) is 5.24. The van der Waals surface area contributed by atoms with E-state index in [2.05, 4.69) is 27.4 Å². The van der Waals surface area contributed by atoms with Crippen molar-refractivity contribution in [2.75, 3.05) is 0 Å². The summed E-state index contributed by atoms with van der Waals surface area (Å²) in [5.74, 6) is -0.479. The van der Waals surface area contributed by atoms with Crippen LogP contribution in [-0.4, -0.2) is 10.1 Å². The first-order valence-electron chi connectivity index (χ1n) is 2.94. The number of thiocarbonyl (C=S) groups is 1. The van der Waals surface area contributed by atoms with Gasteiger partial charge in [-0.15, -0.1) is 0 Å². The molecule has 0 radical (unpaired) electrons. The molecule has 0 atom stereocenters. The fourth-order valence-electron chi connectivity index (χ4n) is 0.652. The molecule has 56 valence electrons. The number of aromatic nitrogens is 1. The molecule has 1 rings (SSSR count). The molecular formula is C7H5FN2S. The molecule has 0 fully saturated rings. The van der Waals surface area contributed by atoms with Gasteiger partial charge in [0.2, 0.25) is 0 Å². The Morgan fingerprint density at radius 3 is 3.00 bits per heavy atom. The van der Waals surface area contributed by atoms with Gasteiger partial charge in [-0.3, -0.25) is 0 Å². The fourth-order valence-corrected chi connectivity index (χ4v) is 0.738.